The molecule has 5 heteroatoms. The van der Waals surface area contributed by atoms with Crippen molar-refractivity contribution in [3.8, 4) is 0 Å². The zero-order chi connectivity index (χ0) is 23.1. The molecule has 1 aliphatic rings. The van der Waals surface area contributed by atoms with Gasteiger partial charge in [-0.25, -0.2) is 0 Å². The van der Waals surface area contributed by atoms with Crippen LogP contribution in [0.3, 0.4) is 0 Å². The molecule has 0 aliphatic carbocycles. The minimum Gasteiger partial charge on any atom is -0.375 e. The molecule has 1 saturated heterocycles. The molecule has 2 aromatic carbocycles. The van der Waals surface area contributed by atoms with Crippen molar-refractivity contribution in [2.24, 2.45) is 10.8 Å². The molecular formula is C27H31NO3S. The largest absolute Gasteiger partial charge is 0.375 e. The predicted molar refractivity (Wildman–Crippen MR) is 128 cm³/mol. The van der Waals surface area contributed by atoms with E-state index in [9.17, 15) is 9.90 Å². The van der Waals surface area contributed by atoms with Crippen LogP contribution in [0.5, 0.6) is 0 Å². The number of methoxy groups -OCH3 is 1. The van der Waals surface area contributed by atoms with Crippen molar-refractivity contribution in [1.29, 1.82) is 0 Å². The zero-order valence-electron chi connectivity index (χ0n) is 19.3. The monoisotopic (exact) mass is 449 g/mol. The first-order valence-corrected chi connectivity index (χ1v) is 11.8. The van der Waals surface area contributed by atoms with E-state index in [2.05, 4.69) is 13.8 Å². The Balaban J connectivity index is 1.81. The van der Waals surface area contributed by atoms with Crippen LogP contribution in [0.25, 0.3) is 0 Å². The van der Waals surface area contributed by atoms with Crippen LogP contribution in [0.4, 0.5) is 0 Å². The summed E-state index contributed by atoms with van der Waals surface area (Å²) in [4.78, 5) is 16.1. The molecule has 1 N–H and O–H groups in total. The number of nitrogens with zero attached hydrogens (tertiary/aromatic N) is 1. The lowest BCUT2D eigenvalue weighted by Crippen LogP contribution is -2.40. The SMILES string of the molecule is COC1N(Cc2ccsc2C(O)(c2ccccc2)c2ccccc2)C(=O)C(C)(C)C1(C)C. The third-order valence-corrected chi connectivity index (χ3v) is 8.39. The molecule has 0 spiro atoms. The van der Waals surface area contributed by atoms with Gasteiger partial charge in [0.15, 0.2) is 0 Å². The van der Waals surface area contributed by atoms with Gasteiger partial charge in [0.25, 0.3) is 0 Å². The number of amides is 1. The summed E-state index contributed by atoms with van der Waals surface area (Å²) in [7, 11) is 1.66. The standard InChI is InChI=1S/C27H31NO3S/c1-25(2)23(29)28(24(31-5)26(25,3)4)18-19-16-17-32-22(19)27(30,20-12-8-6-9-13-20)21-14-10-7-11-15-21/h6-17,24,30H,18H2,1-5H3. The second-order valence-corrected chi connectivity index (χ2v) is 10.5. The fraction of sp³-hybridized carbons (Fsp3) is 0.370. The average molecular weight is 450 g/mol. The van der Waals surface area contributed by atoms with Crippen molar-refractivity contribution in [3.63, 3.8) is 0 Å². The Hall–Kier alpha value is -2.47. The number of likely N-dealkylation sites (tertiary alicyclic amines) is 1. The summed E-state index contributed by atoms with van der Waals surface area (Å²) in [5.74, 6) is 0.0643. The highest BCUT2D eigenvalue weighted by Crippen LogP contribution is 2.52. The summed E-state index contributed by atoms with van der Waals surface area (Å²) in [6.07, 6.45) is -0.348. The molecule has 4 nitrogen and oxygen atoms in total. The highest BCUT2D eigenvalue weighted by molar-refractivity contribution is 7.10. The quantitative estimate of drug-likeness (QED) is 0.548. The van der Waals surface area contributed by atoms with Crippen molar-refractivity contribution in [2.45, 2.75) is 46.1 Å². The zero-order valence-corrected chi connectivity index (χ0v) is 20.1. The summed E-state index contributed by atoms with van der Waals surface area (Å²) in [5.41, 5.74) is 0.290. The molecule has 3 aromatic rings. The van der Waals surface area contributed by atoms with Crippen LogP contribution in [0.1, 0.15) is 49.3 Å². The van der Waals surface area contributed by atoms with Gasteiger partial charge in [0.1, 0.15) is 11.8 Å². The van der Waals surface area contributed by atoms with E-state index in [4.69, 9.17) is 4.74 Å². The molecule has 1 aromatic heterocycles. The van der Waals surface area contributed by atoms with E-state index in [0.29, 0.717) is 6.54 Å². The number of ether oxygens (including phenoxy) is 1. The van der Waals surface area contributed by atoms with Crippen LogP contribution in [0.2, 0.25) is 0 Å². The van der Waals surface area contributed by atoms with Gasteiger partial charge in [0.2, 0.25) is 5.91 Å². The molecule has 4 rings (SSSR count). The van der Waals surface area contributed by atoms with Crippen molar-refractivity contribution in [1.82, 2.24) is 4.90 Å². The lowest BCUT2D eigenvalue weighted by atomic mass is 9.69. The Bertz CT molecular complexity index is 1050. The summed E-state index contributed by atoms with van der Waals surface area (Å²) in [5, 5.41) is 14.2. The topological polar surface area (TPSA) is 49.8 Å². The fourth-order valence-corrected chi connectivity index (χ4v) is 5.82. The third kappa shape index (κ3) is 3.31. The van der Waals surface area contributed by atoms with E-state index < -0.39 is 11.0 Å². The molecule has 1 aliphatic heterocycles. The molecule has 1 atom stereocenters. The molecule has 1 unspecified atom stereocenters. The van der Waals surface area contributed by atoms with Gasteiger partial charge < -0.3 is 14.7 Å². The molecule has 32 heavy (non-hydrogen) atoms. The number of hydrogen-bond donors (Lipinski definition) is 1. The third-order valence-electron chi connectivity index (χ3n) is 7.33. The second kappa shape index (κ2) is 8.14. The molecule has 0 saturated carbocycles. The summed E-state index contributed by atoms with van der Waals surface area (Å²) in [6, 6.07) is 21.4. The highest BCUT2D eigenvalue weighted by Gasteiger charge is 2.59. The molecule has 1 amide bonds. The lowest BCUT2D eigenvalue weighted by Gasteiger charge is -2.36. The number of carbonyl (C=O) groups excluding carboxylic acids is 1. The summed E-state index contributed by atoms with van der Waals surface area (Å²) < 4.78 is 5.83. The van der Waals surface area contributed by atoms with Gasteiger partial charge >= 0.3 is 0 Å². The number of hydrogen-bond acceptors (Lipinski definition) is 4. The van der Waals surface area contributed by atoms with E-state index in [1.807, 2.05) is 90.9 Å². The smallest absolute Gasteiger partial charge is 0.231 e. The van der Waals surface area contributed by atoms with Crippen LogP contribution < -0.4 is 0 Å². The highest BCUT2D eigenvalue weighted by atomic mass is 32.1. The Kier molecular flexibility index (Phi) is 5.78. The number of aliphatic hydroxyl groups is 1. The van der Waals surface area contributed by atoms with Gasteiger partial charge in [-0.3, -0.25) is 4.79 Å². The minimum atomic E-state index is -1.32. The lowest BCUT2D eigenvalue weighted by molar-refractivity contribution is -0.140. The van der Waals surface area contributed by atoms with Crippen LogP contribution in [0, 0.1) is 10.8 Å². The van der Waals surface area contributed by atoms with Crippen LogP contribution in [-0.4, -0.2) is 29.3 Å². The first-order chi connectivity index (χ1) is 15.2. The van der Waals surface area contributed by atoms with Crippen molar-refractivity contribution < 1.29 is 14.6 Å². The Labute approximate surface area is 194 Å². The van der Waals surface area contributed by atoms with Gasteiger partial charge in [-0.05, 0) is 28.1 Å². The second-order valence-electron chi connectivity index (χ2n) is 9.59. The van der Waals surface area contributed by atoms with Gasteiger partial charge in [-0.1, -0.05) is 88.4 Å². The Morgan fingerprint density at radius 1 is 0.969 bits per heavy atom. The van der Waals surface area contributed by atoms with Crippen LogP contribution in [0.15, 0.2) is 72.1 Å². The number of rotatable bonds is 6. The van der Waals surface area contributed by atoms with E-state index in [0.717, 1.165) is 21.6 Å². The van der Waals surface area contributed by atoms with E-state index >= 15 is 0 Å². The maximum Gasteiger partial charge on any atom is 0.231 e. The molecular weight excluding hydrogens is 418 g/mol. The number of thiophene rings is 1. The van der Waals surface area contributed by atoms with E-state index in [1.165, 1.54) is 11.3 Å². The Morgan fingerprint density at radius 2 is 1.50 bits per heavy atom. The molecule has 1 fully saturated rings. The molecule has 168 valence electrons. The minimum absolute atomic E-state index is 0.0643. The number of carbonyl (C=O) groups is 1. The average Bonchev–Trinajstić information content (AvgIpc) is 3.31. The van der Waals surface area contributed by atoms with Crippen molar-refractivity contribution >= 4 is 17.2 Å². The maximum absolute atomic E-state index is 13.4. The maximum atomic E-state index is 13.4. The summed E-state index contributed by atoms with van der Waals surface area (Å²) >= 11 is 1.51. The van der Waals surface area contributed by atoms with Gasteiger partial charge in [0, 0.05) is 19.1 Å². The predicted octanol–water partition coefficient (Wildman–Crippen LogP) is 5.40. The molecule has 0 bridgehead atoms. The van der Waals surface area contributed by atoms with Crippen molar-refractivity contribution in [2.75, 3.05) is 7.11 Å². The summed E-state index contributed by atoms with van der Waals surface area (Å²) in [6.45, 7) is 8.51. The van der Waals surface area contributed by atoms with Gasteiger partial charge in [-0.15, -0.1) is 11.3 Å². The van der Waals surface area contributed by atoms with E-state index in [-0.39, 0.29) is 17.6 Å². The normalized spacial score (nSPS) is 20.0. The first-order valence-electron chi connectivity index (χ1n) is 10.9. The van der Waals surface area contributed by atoms with Crippen LogP contribution >= 0.6 is 11.3 Å². The fourth-order valence-electron chi connectivity index (χ4n) is 4.76. The molecule has 2 heterocycles. The van der Waals surface area contributed by atoms with Gasteiger partial charge in [-0.2, -0.15) is 0 Å². The van der Waals surface area contributed by atoms with Gasteiger partial charge in [0.05, 0.1) is 10.3 Å². The van der Waals surface area contributed by atoms with Crippen molar-refractivity contribution in [3.05, 3.63) is 93.7 Å². The van der Waals surface area contributed by atoms with Crippen LogP contribution in [-0.2, 0) is 21.7 Å². The molecule has 0 radical (unpaired) electrons. The Morgan fingerprint density at radius 3 is 2.00 bits per heavy atom. The number of benzene rings is 2. The first kappa shape index (κ1) is 22.7. The van der Waals surface area contributed by atoms with E-state index in [1.54, 1.807) is 7.11 Å².